The fourth-order valence-electron chi connectivity index (χ4n) is 1.91. The van der Waals surface area contributed by atoms with Crippen molar-refractivity contribution in [2.45, 2.75) is 13.3 Å². The van der Waals surface area contributed by atoms with Gasteiger partial charge in [-0.15, -0.1) is 0 Å². The molecule has 5 heteroatoms. The molecule has 2 aromatic carbocycles. The third-order valence-corrected chi connectivity index (χ3v) is 3.57. The Bertz CT molecular complexity index is 671. The highest BCUT2D eigenvalue weighted by Crippen LogP contribution is 2.25. The van der Waals surface area contributed by atoms with E-state index < -0.39 is 11.6 Å². The van der Waals surface area contributed by atoms with E-state index in [2.05, 4.69) is 15.9 Å². The molecule has 21 heavy (non-hydrogen) atoms. The quantitative estimate of drug-likeness (QED) is 0.736. The van der Waals surface area contributed by atoms with Crippen LogP contribution in [0.15, 0.2) is 40.9 Å². The van der Waals surface area contributed by atoms with E-state index in [1.165, 1.54) is 6.07 Å². The van der Waals surface area contributed by atoms with Crippen LogP contribution >= 0.6 is 15.9 Å². The second-order valence-electron chi connectivity index (χ2n) is 4.41. The number of hydrogen-bond acceptors (Lipinski definition) is 2. The van der Waals surface area contributed by atoms with E-state index >= 15 is 0 Å². The summed E-state index contributed by atoms with van der Waals surface area (Å²) in [7, 11) is 0. The van der Waals surface area contributed by atoms with Crippen LogP contribution in [0.25, 0.3) is 0 Å². The Morgan fingerprint density at radius 3 is 2.57 bits per heavy atom. The summed E-state index contributed by atoms with van der Waals surface area (Å²) >= 11 is 3.31. The summed E-state index contributed by atoms with van der Waals surface area (Å²) in [5.41, 5.74) is 0.601. The Hall–Kier alpha value is -1.75. The van der Waals surface area contributed by atoms with E-state index in [-0.39, 0.29) is 17.8 Å². The number of ether oxygens (including phenoxy) is 1. The van der Waals surface area contributed by atoms with Gasteiger partial charge < -0.3 is 4.74 Å². The van der Waals surface area contributed by atoms with Crippen molar-refractivity contribution >= 4 is 21.7 Å². The van der Waals surface area contributed by atoms with E-state index in [9.17, 15) is 13.6 Å². The Morgan fingerprint density at radius 1 is 1.19 bits per heavy atom. The highest BCUT2D eigenvalue weighted by Gasteiger charge is 2.14. The number of halogens is 3. The zero-order valence-electron chi connectivity index (χ0n) is 11.3. The molecule has 0 amide bonds. The predicted octanol–water partition coefficient (Wildman–Crippen LogP) is 4.55. The first-order chi connectivity index (χ1) is 10.0. The molecule has 0 radical (unpaired) electrons. The Morgan fingerprint density at radius 2 is 1.95 bits per heavy atom. The standard InChI is InChI=1S/C16H13BrF2O2/c1-2-21-12-5-6-13(14(17)9-12)16(20)7-10-3-4-11(18)8-15(10)19/h3-6,8-9H,2,7H2,1H3. The Kier molecular flexibility index (Phi) is 5.07. The molecule has 110 valence electrons. The molecule has 2 aromatic rings. The molecule has 0 saturated heterocycles. The predicted molar refractivity (Wildman–Crippen MR) is 79.7 cm³/mol. The molecule has 0 N–H and O–H groups in total. The van der Waals surface area contributed by atoms with Gasteiger partial charge in [-0.1, -0.05) is 6.07 Å². The molecule has 0 aliphatic carbocycles. The topological polar surface area (TPSA) is 26.3 Å². The zero-order valence-corrected chi connectivity index (χ0v) is 12.9. The summed E-state index contributed by atoms with van der Waals surface area (Å²) < 4.78 is 32.3. The van der Waals surface area contributed by atoms with Crippen molar-refractivity contribution in [1.82, 2.24) is 0 Å². The van der Waals surface area contributed by atoms with Gasteiger partial charge in [-0.3, -0.25) is 4.79 Å². The molecule has 0 spiro atoms. The van der Waals surface area contributed by atoms with Crippen LogP contribution in [-0.4, -0.2) is 12.4 Å². The van der Waals surface area contributed by atoms with E-state index in [4.69, 9.17) is 4.74 Å². The second kappa shape index (κ2) is 6.80. The maximum absolute atomic E-state index is 13.6. The fourth-order valence-corrected chi connectivity index (χ4v) is 2.49. The lowest BCUT2D eigenvalue weighted by atomic mass is 10.0. The third-order valence-electron chi connectivity index (χ3n) is 2.92. The second-order valence-corrected chi connectivity index (χ2v) is 5.26. The molecular weight excluding hydrogens is 342 g/mol. The maximum Gasteiger partial charge on any atom is 0.168 e. The van der Waals surface area contributed by atoms with Gasteiger partial charge in [0, 0.05) is 22.5 Å². The molecule has 0 saturated carbocycles. The number of rotatable bonds is 5. The molecule has 0 heterocycles. The van der Waals surface area contributed by atoms with Crippen LogP contribution in [0.1, 0.15) is 22.8 Å². The molecule has 0 atom stereocenters. The average Bonchev–Trinajstić information content (AvgIpc) is 2.42. The number of hydrogen-bond donors (Lipinski definition) is 0. The number of carbonyl (C=O) groups is 1. The van der Waals surface area contributed by atoms with Crippen LogP contribution in [0.4, 0.5) is 8.78 Å². The molecule has 0 aliphatic heterocycles. The normalized spacial score (nSPS) is 10.5. The molecule has 0 aliphatic rings. The number of Topliss-reactive ketones (excluding diaryl/α,β-unsaturated/α-hetero) is 1. The van der Waals surface area contributed by atoms with Crippen molar-refractivity contribution in [3.63, 3.8) is 0 Å². The zero-order chi connectivity index (χ0) is 15.4. The van der Waals surface area contributed by atoms with E-state index in [0.29, 0.717) is 22.4 Å². The van der Waals surface area contributed by atoms with E-state index in [1.807, 2.05) is 6.92 Å². The van der Waals surface area contributed by atoms with E-state index in [0.717, 1.165) is 12.1 Å². The number of benzene rings is 2. The summed E-state index contributed by atoms with van der Waals surface area (Å²) in [5, 5.41) is 0. The number of carbonyl (C=O) groups excluding carboxylic acids is 1. The first kappa shape index (κ1) is 15.6. The van der Waals surface area contributed by atoms with Crippen LogP contribution in [-0.2, 0) is 6.42 Å². The lowest BCUT2D eigenvalue weighted by Crippen LogP contribution is -2.06. The van der Waals surface area contributed by atoms with Gasteiger partial charge in [0.2, 0.25) is 0 Å². The highest BCUT2D eigenvalue weighted by molar-refractivity contribution is 9.10. The minimum Gasteiger partial charge on any atom is -0.494 e. The van der Waals surface area contributed by atoms with Crippen molar-refractivity contribution in [1.29, 1.82) is 0 Å². The van der Waals surface area contributed by atoms with Gasteiger partial charge >= 0.3 is 0 Å². The molecule has 0 aromatic heterocycles. The summed E-state index contributed by atoms with van der Waals surface area (Å²) in [6.45, 7) is 2.39. The monoisotopic (exact) mass is 354 g/mol. The van der Waals surface area contributed by atoms with Crippen molar-refractivity contribution in [2.24, 2.45) is 0 Å². The SMILES string of the molecule is CCOc1ccc(C(=O)Cc2ccc(F)cc2F)c(Br)c1. The van der Waals surface area contributed by atoms with Crippen LogP contribution in [0.2, 0.25) is 0 Å². The van der Waals surface area contributed by atoms with E-state index in [1.54, 1.807) is 18.2 Å². The van der Waals surface area contributed by atoms with Crippen LogP contribution < -0.4 is 4.74 Å². The lowest BCUT2D eigenvalue weighted by Gasteiger charge is -2.08. The van der Waals surface area contributed by atoms with Crippen molar-refractivity contribution < 1.29 is 18.3 Å². The van der Waals surface area contributed by atoms with Gasteiger partial charge in [0.05, 0.1) is 6.61 Å². The summed E-state index contributed by atoms with van der Waals surface area (Å²) in [5.74, 6) is -0.985. The molecule has 2 nitrogen and oxygen atoms in total. The van der Waals surface area contributed by atoms with Crippen molar-refractivity contribution in [3.8, 4) is 5.75 Å². The molecule has 0 bridgehead atoms. The van der Waals surface area contributed by atoms with Gasteiger partial charge in [0.1, 0.15) is 17.4 Å². The fraction of sp³-hybridized carbons (Fsp3) is 0.188. The minimum atomic E-state index is -0.717. The van der Waals surface area contributed by atoms with Gasteiger partial charge in [-0.25, -0.2) is 8.78 Å². The van der Waals surface area contributed by atoms with Crippen molar-refractivity contribution in [3.05, 3.63) is 63.6 Å². The van der Waals surface area contributed by atoms with Gasteiger partial charge in [-0.2, -0.15) is 0 Å². The Labute approximate surface area is 129 Å². The van der Waals surface area contributed by atoms with Crippen LogP contribution in [0.5, 0.6) is 5.75 Å². The molecule has 0 fully saturated rings. The smallest absolute Gasteiger partial charge is 0.168 e. The largest absolute Gasteiger partial charge is 0.494 e. The summed E-state index contributed by atoms with van der Waals surface area (Å²) in [6.07, 6.45) is -0.126. The van der Waals surface area contributed by atoms with Crippen LogP contribution in [0, 0.1) is 11.6 Å². The molecule has 0 unspecified atom stereocenters. The minimum absolute atomic E-state index is 0.126. The third kappa shape index (κ3) is 3.88. The first-order valence-corrected chi connectivity index (χ1v) is 7.20. The summed E-state index contributed by atoms with van der Waals surface area (Å²) in [4.78, 5) is 12.2. The average molecular weight is 355 g/mol. The molecule has 2 rings (SSSR count). The highest BCUT2D eigenvalue weighted by atomic mass is 79.9. The summed E-state index contributed by atoms with van der Waals surface area (Å²) in [6, 6.07) is 8.19. The lowest BCUT2D eigenvalue weighted by molar-refractivity contribution is 0.0991. The van der Waals surface area contributed by atoms with Gasteiger partial charge in [0.15, 0.2) is 5.78 Å². The van der Waals surface area contributed by atoms with Gasteiger partial charge in [-0.05, 0) is 52.7 Å². The molecular formula is C16H13BrF2O2. The Balaban J connectivity index is 2.20. The number of ketones is 1. The van der Waals surface area contributed by atoms with Crippen molar-refractivity contribution in [2.75, 3.05) is 6.61 Å². The van der Waals surface area contributed by atoms with Gasteiger partial charge in [0.25, 0.3) is 0 Å². The maximum atomic E-state index is 13.6. The van der Waals surface area contributed by atoms with Crippen LogP contribution in [0.3, 0.4) is 0 Å². The first-order valence-electron chi connectivity index (χ1n) is 6.40.